The number of benzene rings is 2. The van der Waals surface area contributed by atoms with Gasteiger partial charge in [-0.15, -0.1) is 0 Å². The van der Waals surface area contributed by atoms with Crippen molar-refractivity contribution >= 4 is 15.8 Å². The molecule has 0 radical (unpaired) electrons. The van der Waals surface area contributed by atoms with Crippen LogP contribution in [0.1, 0.15) is 55.1 Å². The maximum atomic E-state index is 12.9. The summed E-state index contributed by atoms with van der Waals surface area (Å²) in [5.74, 6) is 1.30. The van der Waals surface area contributed by atoms with Gasteiger partial charge in [-0.2, -0.15) is 4.31 Å². The second-order valence-electron chi connectivity index (χ2n) is 8.89. The summed E-state index contributed by atoms with van der Waals surface area (Å²) >= 11 is 0. The quantitative estimate of drug-likeness (QED) is 0.405. The van der Waals surface area contributed by atoms with Crippen LogP contribution in [-0.2, 0) is 10.0 Å². The van der Waals surface area contributed by atoms with E-state index in [4.69, 9.17) is 9.47 Å². The van der Waals surface area contributed by atoms with Gasteiger partial charge >= 0.3 is 0 Å². The van der Waals surface area contributed by atoms with Crippen molar-refractivity contribution in [1.29, 1.82) is 0 Å². The van der Waals surface area contributed by atoms with Gasteiger partial charge in [-0.25, -0.2) is 8.42 Å². The Hall–Kier alpha value is -2.46. The molecular weight excluding hydrogens is 478 g/mol. The maximum absolute atomic E-state index is 12.9. The molecule has 1 unspecified atom stereocenters. The molecule has 0 aliphatic carbocycles. The standard InChI is InChI=1S/C27H39N3O5S/c1-5-30(6-2)36(32,33)23-13-10-21(11-14-23)25(31)20-28-19-24(29-16-8-7-9-17-29)22-12-15-26(34-3)27(18-22)35-4/h10-15,18,24,28H,5-9,16-17,19-20H2,1-4H3. The number of ether oxygens (including phenoxy) is 2. The first-order chi connectivity index (χ1) is 17.3. The van der Waals surface area contributed by atoms with Crippen molar-refractivity contribution in [1.82, 2.24) is 14.5 Å². The van der Waals surface area contributed by atoms with Gasteiger partial charge in [-0.3, -0.25) is 9.69 Å². The topological polar surface area (TPSA) is 88.2 Å². The van der Waals surface area contributed by atoms with Gasteiger partial charge in [0.1, 0.15) is 0 Å². The number of nitrogens with zero attached hydrogens (tertiary/aromatic N) is 2. The predicted octanol–water partition coefficient (Wildman–Crippen LogP) is 3.73. The molecule has 8 nitrogen and oxygen atoms in total. The van der Waals surface area contributed by atoms with E-state index in [-0.39, 0.29) is 23.3 Å². The molecule has 198 valence electrons. The smallest absolute Gasteiger partial charge is 0.243 e. The number of carbonyl (C=O) groups is 1. The Morgan fingerprint density at radius 2 is 1.61 bits per heavy atom. The molecule has 0 bridgehead atoms. The summed E-state index contributed by atoms with van der Waals surface area (Å²) in [7, 11) is -0.289. The zero-order valence-electron chi connectivity index (χ0n) is 21.8. The van der Waals surface area contributed by atoms with E-state index in [1.807, 2.05) is 26.0 Å². The first kappa shape index (κ1) is 28.1. The van der Waals surface area contributed by atoms with E-state index >= 15 is 0 Å². The number of likely N-dealkylation sites (tertiary alicyclic amines) is 1. The molecule has 2 aromatic rings. The minimum atomic E-state index is -3.54. The molecule has 2 aromatic carbocycles. The lowest BCUT2D eigenvalue weighted by molar-refractivity contribution is 0.0983. The summed E-state index contributed by atoms with van der Waals surface area (Å²) in [5, 5.41) is 3.34. The Kier molecular flexibility index (Phi) is 10.3. The van der Waals surface area contributed by atoms with Crippen LogP contribution in [0.2, 0.25) is 0 Å². The molecule has 3 rings (SSSR count). The molecule has 1 heterocycles. The molecule has 1 aliphatic rings. The highest BCUT2D eigenvalue weighted by atomic mass is 32.2. The van der Waals surface area contributed by atoms with Gasteiger partial charge in [0.2, 0.25) is 10.0 Å². The Bertz CT molecular complexity index is 1090. The van der Waals surface area contributed by atoms with E-state index in [2.05, 4.69) is 16.3 Å². The highest BCUT2D eigenvalue weighted by Gasteiger charge is 2.24. The first-order valence-corrected chi connectivity index (χ1v) is 14.1. The number of rotatable bonds is 13. The van der Waals surface area contributed by atoms with Crippen LogP contribution in [0.5, 0.6) is 11.5 Å². The van der Waals surface area contributed by atoms with Gasteiger partial charge in [-0.05, 0) is 55.8 Å². The Morgan fingerprint density at radius 3 is 2.19 bits per heavy atom. The minimum absolute atomic E-state index is 0.0773. The summed E-state index contributed by atoms with van der Waals surface area (Å²) in [4.78, 5) is 15.5. The van der Waals surface area contributed by atoms with E-state index < -0.39 is 10.0 Å². The minimum Gasteiger partial charge on any atom is -0.493 e. The van der Waals surface area contributed by atoms with E-state index in [1.165, 1.54) is 22.9 Å². The number of nitrogens with one attached hydrogen (secondary N) is 1. The van der Waals surface area contributed by atoms with Crippen LogP contribution < -0.4 is 14.8 Å². The second-order valence-corrected chi connectivity index (χ2v) is 10.8. The molecular formula is C27H39N3O5S. The van der Waals surface area contributed by atoms with Crippen molar-refractivity contribution in [2.45, 2.75) is 44.0 Å². The predicted molar refractivity (Wildman–Crippen MR) is 141 cm³/mol. The van der Waals surface area contributed by atoms with Crippen LogP contribution in [0.3, 0.4) is 0 Å². The number of carbonyl (C=O) groups excluding carboxylic acids is 1. The fourth-order valence-electron chi connectivity index (χ4n) is 4.70. The Labute approximate surface area is 215 Å². The van der Waals surface area contributed by atoms with Crippen molar-refractivity contribution in [2.24, 2.45) is 0 Å². The molecule has 1 fully saturated rings. The largest absolute Gasteiger partial charge is 0.493 e. The van der Waals surface area contributed by atoms with Gasteiger partial charge in [0.15, 0.2) is 17.3 Å². The number of ketones is 1. The molecule has 9 heteroatoms. The zero-order valence-corrected chi connectivity index (χ0v) is 22.6. The average molecular weight is 518 g/mol. The van der Waals surface area contributed by atoms with Crippen molar-refractivity contribution < 1.29 is 22.7 Å². The van der Waals surface area contributed by atoms with Crippen molar-refractivity contribution in [3.63, 3.8) is 0 Å². The third-order valence-corrected chi connectivity index (χ3v) is 8.83. The Balaban J connectivity index is 1.68. The van der Waals surface area contributed by atoms with Crippen LogP contribution in [0, 0.1) is 0 Å². The van der Waals surface area contributed by atoms with Gasteiger partial charge in [0, 0.05) is 31.2 Å². The third-order valence-electron chi connectivity index (χ3n) is 6.77. The van der Waals surface area contributed by atoms with Crippen LogP contribution in [0.15, 0.2) is 47.4 Å². The summed E-state index contributed by atoms with van der Waals surface area (Å²) in [6.07, 6.45) is 3.55. The molecule has 1 saturated heterocycles. The average Bonchev–Trinajstić information content (AvgIpc) is 2.91. The summed E-state index contributed by atoms with van der Waals surface area (Å²) in [6, 6.07) is 12.3. The normalized spacial score (nSPS) is 15.6. The number of sulfonamides is 1. The van der Waals surface area contributed by atoms with E-state index in [0.29, 0.717) is 36.7 Å². The number of hydrogen-bond acceptors (Lipinski definition) is 7. The lowest BCUT2D eigenvalue weighted by Crippen LogP contribution is -2.40. The number of hydrogen-bond donors (Lipinski definition) is 1. The SMILES string of the molecule is CCN(CC)S(=O)(=O)c1ccc(C(=O)CNCC(c2ccc(OC)c(OC)c2)N2CCCCC2)cc1. The van der Waals surface area contributed by atoms with Crippen LogP contribution >= 0.6 is 0 Å². The zero-order chi connectivity index (χ0) is 26.1. The molecule has 1 aliphatic heterocycles. The highest BCUT2D eigenvalue weighted by Crippen LogP contribution is 2.32. The van der Waals surface area contributed by atoms with Crippen molar-refractivity contribution in [3.05, 3.63) is 53.6 Å². The lowest BCUT2D eigenvalue weighted by Gasteiger charge is -2.35. The maximum Gasteiger partial charge on any atom is 0.243 e. The second kappa shape index (κ2) is 13.2. The van der Waals surface area contributed by atoms with E-state index in [1.54, 1.807) is 26.4 Å². The molecule has 0 saturated carbocycles. The van der Waals surface area contributed by atoms with E-state index in [0.717, 1.165) is 31.5 Å². The summed E-state index contributed by atoms with van der Waals surface area (Å²) in [5.41, 5.74) is 1.60. The molecule has 0 aromatic heterocycles. The van der Waals surface area contributed by atoms with Crippen LogP contribution in [0.4, 0.5) is 0 Å². The van der Waals surface area contributed by atoms with Gasteiger partial charge < -0.3 is 14.8 Å². The monoisotopic (exact) mass is 517 g/mol. The molecule has 36 heavy (non-hydrogen) atoms. The van der Waals surface area contributed by atoms with Crippen molar-refractivity contribution in [3.8, 4) is 11.5 Å². The van der Waals surface area contributed by atoms with Gasteiger partial charge in [0.25, 0.3) is 0 Å². The molecule has 0 spiro atoms. The molecule has 0 amide bonds. The summed E-state index contributed by atoms with van der Waals surface area (Å²) < 4.78 is 37.7. The summed E-state index contributed by atoms with van der Waals surface area (Å²) in [6.45, 7) is 7.22. The van der Waals surface area contributed by atoms with E-state index in [9.17, 15) is 13.2 Å². The number of Topliss-reactive ketones (excluding diaryl/α,β-unsaturated/α-hetero) is 1. The fraction of sp³-hybridized carbons (Fsp3) is 0.519. The molecule has 1 atom stereocenters. The first-order valence-electron chi connectivity index (χ1n) is 12.7. The lowest BCUT2D eigenvalue weighted by atomic mass is 10.0. The van der Waals surface area contributed by atoms with Crippen molar-refractivity contribution in [2.75, 3.05) is 53.5 Å². The Morgan fingerprint density at radius 1 is 0.972 bits per heavy atom. The van der Waals surface area contributed by atoms with Gasteiger partial charge in [0.05, 0.1) is 25.7 Å². The van der Waals surface area contributed by atoms with Gasteiger partial charge in [-0.1, -0.05) is 38.5 Å². The van der Waals surface area contributed by atoms with Crippen LogP contribution in [-0.4, -0.2) is 76.9 Å². The number of piperidine rings is 1. The van der Waals surface area contributed by atoms with Crippen LogP contribution in [0.25, 0.3) is 0 Å². The third kappa shape index (κ3) is 6.64. The fourth-order valence-corrected chi connectivity index (χ4v) is 6.16. The molecule has 1 N–H and O–H groups in total. The highest BCUT2D eigenvalue weighted by molar-refractivity contribution is 7.89. The number of methoxy groups -OCH3 is 2.